The van der Waals surface area contributed by atoms with Gasteiger partial charge in [-0.15, -0.1) is 4.57 Å². The Hall–Kier alpha value is -2.29. The third kappa shape index (κ3) is 3.28. The van der Waals surface area contributed by atoms with Crippen LogP contribution < -0.4 is 9.30 Å². The van der Waals surface area contributed by atoms with Gasteiger partial charge in [0.25, 0.3) is 5.52 Å². The molecule has 3 rings (SSSR count). The van der Waals surface area contributed by atoms with Crippen LogP contribution in [0.1, 0.15) is 52.7 Å². The third-order valence-corrected chi connectivity index (χ3v) is 4.63. The molecule has 0 radical (unpaired) electrons. The van der Waals surface area contributed by atoms with Crippen LogP contribution in [0.3, 0.4) is 0 Å². The first kappa shape index (κ1) is 17.5. The van der Waals surface area contributed by atoms with E-state index in [2.05, 4.69) is 58.2 Å². The smallest absolute Gasteiger partial charge is 0.341 e. The van der Waals surface area contributed by atoms with Crippen molar-refractivity contribution in [2.24, 2.45) is 0 Å². The zero-order valence-corrected chi connectivity index (χ0v) is 16.3. The minimum absolute atomic E-state index is 0.00903. The van der Waals surface area contributed by atoms with Crippen molar-refractivity contribution in [2.45, 2.75) is 52.4 Å². The highest BCUT2D eigenvalue weighted by Gasteiger charge is 2.29. The first-order valence-electron chi connectivity index (χ1n) is 8.73. The van der Waals surface area contributed by atoms with Crippen molar-refractivity contribution in [3.05, 3.63) is 53.9 Å². The van der Waals surface area contributed by atoms with Gasteiger partial charge in [0, 0.05) is 23.8 Å². The summed E-state index contributed by atoms with van der Waals surface area (Å²) in [5, 5.41) is 0. The fourth-order valence-corrected chi connectivity index (χ4v) is 3.01. The van der Waals surface area contributed by atoms with Crippen molar-refractivity contribution >= 4 is 11.1 Å². The zero-order valence-electron chi connectivity index (χ0n) is 16.3. The van der Waals surface area contributed by atoms with Gasteiger partial charge in [-0.1, -0.05) is 47.6 Å². The van der Waals surface area contributed by atoms with E-state index in [1.807, 2.05) is 24.3 Å². The van der Waals surface area contributed by atoms with Gasteiger partial charge >= 0.3 is 6.39 Å². The molecule has 0 aliphatic rings. The fourth-order valence-electron chi connectivity index (χ4n) is 3.01. The van der Waals surface area contributed by atoms with E-state index in [1.54, 1.807) is 13.5 Å². The van der Waals surface area contributed by atoms with Crippen molar-refractivity contribution < 1.29 is 13.7 Å². The molecule has 0 aliphatic carbocycles. The second-order valence-corrected chi connectivity index (χ2v) is 8.66. The van der Waals surface area contributed by atoms with E-state index in [1.165, 1.54) is 11.1 Å². The Labute approximate surface area is 150 Å². The molecule has 1 heterocycles. The second-order valence-electron chi connectivity index (χ2n) is 8.66. The number of benzene rings is 2. The number of oxazole rings is 1. The molecule has 0 unspecified atom stereocenters. The molecule has 3 nitrogen and oxygen atoms in total. The SMILES string of the molecule is COc1ccc(-[n+]2coc3c(C(C)(C)C)cc(C(C)(C)C)cc32)cc1. The summed E-state index contributed by atoms with van der Waals surface area (Å²) in [4.78, 5) is 0. The standard InChI is InChI=1S/C22H28NO2/c1-21(2,3)15-12-18(22(4,5)6)20-19(13-15)23(14-25-20)16-8-10-17(24-7)11-9-16/h8-14H,1-7H3/q+1. The van der Waals surface area contributed by atoms with E-state index >= 15 is 0 Å². The highest BCUT2D eigenvalue weighted by Crippen LogP contribution is 2.34. The van der Waals surface area contributed by atoms with Crippen molar-refractivity contribution in [3.63, 3.8) is 0 Å². The second kappa shape index (κ2) is 5.91. The Morgan fingerprint density at radius 1 is 0.880 bits per heavy atom. The van der Waals surface area contributed by atoms with Gasteiger partial charge in [0.15, 0.2) is 0 Å². The molecule has 0 fully saturated rings. The van der Waals surface area contributed by atoms with E-state index < -0.39 is 0 Å². The van der Waals surface area contributed by atoms with Gasteiger partial charge < -0.3 is 9.15 Å². The molecule has 0 aliphatic heterocycles. The maximum atomic E-state index is 6.02. The summed E-state index contributed by atoms with van der Waals surface area (Å²) in [6.07, 6.45) is 1.80. The molecular weight excluding hydrogens is 310 g/mol. The highest BCUT2D eigenvalue weighted by molar-refractivity contribution is 5.76. The Balaban J connectivity index is 2.28. The average Bonchev–Trinajstić information content (AvgIpc) is 2.96. The Bertz CT molecular complexity index is 891. The lowest BCUT2D eigenvalue weighted by molar-refractivity contribution is -0.573. The first-order chi connectivity index (χ1) is 11.6. The van der Waals surface area contributed by atoms with E-state index in [0.717, 1.165) is 22.5 Å². The van der Waals surface area contributed by atoms with Crippen LogP contribution in [0.2, 0.25) is 0 Å². The topological polar surface area (TPSA) is 26.2 Å². The molecule has 0 amide bonds. The van der Waals surface area contributed by atoms with Gasteiger partial charge in [-0.25, -0.2) is 0 Å². The minimum Gasteiger partial charge on any atom is -0.497 e. The number of aromatic nitrogens is 1. The molecule has 2 aromatic carbocycles. The lowest BCUT2D eigenvalue weighted by Crippen LogP contribution is -2.29. The highest BCUT2D eigenvalue weighted by atomic mass is 16.5. The molecule has 0 saturated heterocycles. The number of fused-ring (bicyclic) bond motifs is 1. The summed E-state index contributed by atoms with van der Waals surface area (Å²) in [7, 11) is 1.68. The summed E-state index contributed by atoms with van der Waals surface area (Å²) in [6, 6.07) is 12.6. The van der Waals surface area contributed by atoms with Crippen LogP contribution in [-0.2, 0) is 10.8 Å². The summed E-state index contributed by atoms with van der Waals surface area (Å²) in [5.74, 6) is 0.850. The maximum absolute atomic E-state index is 6.02. The molecule has 0 N–H and O–H groups in total. The number of nitrogens with zero attached hydrogens (tertiary/aromatic N) is 1. The van der Waals surface area contributed by atoms with Crippen LogP contribution in [0.4, 0.5) is 0 Å². The van der Waals surface area contributed by atoms with Crippen molar-refractivity contribution in [3.8, 4) is 11.4 Å². The fraction of sp³-hybridized carbons (Fsp3) is 0.409. The Morgan fingerprint density at radius 3 is 2.04 bits per heavy atom. The number of ether oxygens (including phenoxy) is 1. The van der Waals surface area contributed by atoms with Crippen LogP contribution in [0.15, 0.2) is 47.2 Å². The molecule has 132 valence electrons. The van der Waals surface area contributed by atoms with Crippen molar-refractivity contribution in [1.29, 1.82) is 0 Å². The quantitative estimate of drug-likeness (QED) is 0.592. The lowest BCUT2D eigenvalue weighted by Gasteiger charge is -2.24. The molecule has 0 atom stereocenters. The van der Waals surface area contributed by atoms with Crippen LogP contribution in [0, 0.1) is 0 Å². The van der Waals surface area contributed by atoms with Crippen LogP contribution in [-0.4, -0.2) is 7.11 Å². The Morgan fingerprint density at radius 2 is 1.52 bits per heavy atom. The Kier molecular flexibility index (Phi) is 4.14. The molecule has 3 aromatic rings. The van der Waals surface area contributed by atoms with E-state index in [4.69, 9.17) is 9.15 Å². The largest absolute Gasteiger partial charge is 0.497 e. The van der Waals surface area contributed by atoms with Gasteiger partial charge in [0.05, 0.1) is 7.11 Å². The average molecular weight is 338 g/mol. The van der Waals surface area contributed by atoms with E-state index in [9.17, 15) is 0 Å². The predicted octanol–water partition coefficient (Wildman–Crippen LogP) is 5.31. The third-order valence-electron chi connectivity index (χ3n) is 4.63. The van der Waals surface area contributed by atoms with Gasteiger partial charge in [-0.05, 0) is 28.5 Å². The molecule has 1 aromatic heterocycles. The first-order valence-corrected chi connectivity index (χ1v) is 8.73. The van der Waals surface area contributed by atoms with E-state index in [-0.39, 0.29) is 10.8 Å². The molecular formula is C22H28NO2+. The summed E-state index contributed by atoms with van der Waals surface area (Å²) >= 11 is 0. The summed E-state index contributed by atoms with van der Waals surface area (Å²) < 4.78 is 13.4. The zero-order chi connectivity index (χ0) is 18.4. The molecule has 0 bridgehead atoms. The van der Waals surface area contributed by atoms with Crippen LogP contribution in [0.25, 0.3) is 16.8 Å². The normalized spacial score (nSPS) is 12.6. The van der Waals surface area contributed by atoms with Gasteiger partial charge in [-0.3, -0.25) is 0 Å². The monoisotopic (exact) mass is 338 g/mol. The van der Waals surface area contributed by atoms with E-state index in [0.29, 0.717) is 0 Å². The lowest BCUT2D eigenvalue weighted by atomic mass is 9.80. The molecule has 0 saturated carbocycles. The van der Waals surface area contributed by atoms with Gasteiger partial charge in [0.2, 0.25) is 11.3 Å². The van der Waals surface area contributed by atoms with Crippen LogP contribution >= 0.6 is 0 Å². The van der Waals surface area contributed by atoms with Crippen molar-refractivity contribution in [2.75, 3.05) is 7.11 Å². The molecule has 0 spiro atoms. The number of rotatable bonds is 2. The number of hydrogen-bond acceptors (Lipinski definition) is 2. The van der Waals surface area contributed by atoms with Crippen LogP contribution in [0.5, 0.6) is 5.75 Å². The van der Waals surface area contributed by atoms with Gasteiger partial charge in [0.1, 0.15) is 5.75 Å². The minimum atomic E-state index is 0.00903. The summed E-state index contributed by atoms with van der Waals surface area (Å²) in [6.45, 7) is 13.4. The van der Waals surface area contributed by atoms with Crippen molar-refractivity contribution in [1.82, 2.24) is 0 Å². The molecule has 25 heavy (non-hydrogen) atoms. The van der Waals surface area contributed by atoms with Gasteiger partial charge in [-0.2, -0.15) is 0 Å². The number of methoxy groups -OCH3 is 1. The maximum Gasteiger partial charge on any atom is 0.341 e. The summed E-state index contributed by atoms with van der Waals surface area (Å²) in [5.41, 5.74) is 5.75. The predicted molar refractivity (Wildman–Crippen MR) is 102 cm³/mol. The molecule has 3 heteroatoms. The number of hydrogen-bond donors (Lipinski definition) is 0.